The molecule has 0 radical (unpaired) electrons. The molecule has 0 bridgehead atoms. The van der Waals surface area contributed by atoms with Crippen molar-refractivity contribution in [2.75, 3.05) is 27.2 Å². The van der Waals surface area contributed by atoms with Gasteiger partial charge in [0.15, 0.2) is 0 Å². The van der Waals surface area contributed by atoms with Crippen LogP contribution in [-0.2, 0) is 0 Å². The van der Waals surface area contributed by atoms with Gasteiger partial charge < -0.3 is 9.80 Å². The normalized spacial score (nSPS) is 19.6. The Morgan fingerprint density at radius 3 is 2.56 bits per heavy atom. The molecule has 1 aromatic carbocycles. The summed E-state index contributed by atoms with van der Waals surface area (Å²) >= 11 is 0. The highest BCUT2D eigenvalue weighted by atomic mass is 16.2. The molecule has 1 aliphatic heterocycles. The second kappa shape index (κ2) is 5.11. The molecule has 0 saturated carbocycles. The third-order valence-electron chi connectivity index (χ3n) is 3.93. The highest BCUT2D eigenvalue weighted by Crippen LogP contribution is 2.18. The van der Waals surface area contributed by atoms with Gasteiger partial charge in [-0.25, -0.2) is 0 Å². The SMILES string of the molecule is Cc1ccc(C(=O)N2CC[C@H](N(C)C)C2)cc1C. The van der Waals surface area contributed by atoms with E-state index >= 15 is 0 Å². The Labute approximate surface area is 109 Å². The maximum Gasteiger partial charge on any atom is 0.253 e. The van der Waals surface area contributed by atoms with Gasteiger partial charge >= 0.3 is 0 Å². The number of aryl methyl sites for hydroxylation is 2. The molecule has 98 valence electrons. The highest BCUT2D eigenvalue weighted by molar-refractivity contribution is 5.94. The molecule has 0 aromatic heterocycles. The summed E-state index contributed by atoms with van der Waals surface area (Å²) in [6, 6.07) is 6.47. The zero-order valence-corrected chi connectivity index (χ0v) is 11.7. The van der Waals surface area contributed by atoms with Gasteiger partial charge in [0.2, 0.25) is 0 Å². The van der Waals surface area contributed by atoms with E-state index in [4.69, 9.17) is 0 Å². The molecular formula is C15H22N2O. The van der Waals surface area contributed by atoms with Gasteiger partial charge in [0.05, 0.1) is 0 Å². The van der Waals surface area contributed by atoms with E-state index in [0.717, 1.165) is 25.1 Å². The van der Waals surface area contributed by atoms with Crippen molar-refractivity contribution < 1.29 is 4.79 Å². The fourth-order valence-electron chi connectivity index (χ4n) is 2.40. The van der Waals surface area contributed by atoms with Crippen LogP contribution in [0.25, 0.3) is 0 Å². The molecule has 1 saturated heterocycles. The standard InChI is InChI=1S/C15H22N2O/c1-11-5-6-13(9-12(11)2)15(18)17-8-7-14(10-17)16(3)4/h5-6,9,14H,7-8,10H2,1-4H3/t14-/m0/s1. The Morgan fingerprint density at radius 2 is 2.00 bits per heavy atom. The second-order valence-corrected chi connectivity index (χ2v) is 5.46. The molecule has 1 aromatic rings. The molecule has 3 heteroatoms. The molecule has 18 heavy (non-hydrogen) atoms. The van der Waals surface area contributed by atoms with Crippen molar-refractivity contribution in [2.24, 2.45) is 0 Å². The number of nitrogens with zero attached hydrogens (tertiary/aromatic N) is 2. The molecule has 2 rings (SSSR count). The van der Waals surface area contributed by atoms with E-state index in [1.165, 1.54) is 11.1 Å². The number of hydrogen-bond acceptors (Lipinski definition) is 2. The number of likely N-dealkylation sites (tertiary alicyclic amines) is 1. The van der Waals surface area contributed by atoms with Crippen LogP contribution in [0.4, 0.5) is 0 Å². The van der Waals surface area contributed by atoms with Crippen LogP contribution >= 0.6 is 0 Å². The van der Waals surface area contributed by atoms with E-state index in [-0.39, 0.29) is 5.91 Å². The lowest BCUT2D eigenvalue weighted by atomic mass is 10.1. The fourth-order valence-corrected chi connectivity index (χ4v) is 2.40. The maximum absolute atomic E-state index is 12.4. The van der Waals surface area contributed by atoms with Gasteiger partial charge in [-0.2, -0.15) is 0 Å². The van der Waals surface area contributed by atoms with Gasteiger partial charge in [-0.15, -0.1) is 0 Å². The van der Waals surface area contributed by atoms with Gasteiger partial charge in [0, 0.05) is 24.7 Å². The predicted molar refractivity (Wildman–Crippen MR) is 73.9 cm³/mol. The van der Waals surface area contributed by atoms with Gasteiger partial charge in [-0.3, -0.25) is 4.79 Å². The van der Waals surface area contributed by atoms with E-state index in [0.29, 0.717) is 6.04 Å². The quantitative estimate of drug-likeness (QED) is 0.797. The number of rotatable bonds is 2. The Bertz CT molecular complexity index is 454. The van der Waals surface area contributed by atoms with Crippen LogP contribution in [-0.4, -0.2) is 48.9 Å². The molecule has 0 N–H and O–H groups in total. The number of carbonyl (C=O) groups is 1. The van der Waals surface area contributed by atoms with Crippen LogP contribution in [0, 0.1) is 13.8 Å². The lowest BCUT2D eigenvalue weighted by Crippen LogP contribution is -2.34. The number of likely N-dealkylation sites (N-methyl/N-ethyl adjacent to an activating group) is 1. The fraction of sp³-hybridized carbons (Fsp3) is 0.533. The molecule has 1 fully saturated rings. The van der Waals surface area contributed by atoms with Crippen molar-refractivity contribution in [1.29, 1.82) is 0 Å². The number of carbonyl (C=O) groups excluding carboxylic acids is 1. The first-order valence-corrected chi connectivity index (χ1v) is 6.52. The lowest BCUT2D eigenvalue weighted by Gasteiger charge is -2.20. The van der Waals surface area contributed by atoms with E-state index in [1.807, 2.05) is 23.1 Å². The van der Waals surface area contributed by atoms with Crippen molar-refractivity contribution in [3.63, 3.8) is 0 Å². The number of benzene rings is 1. The van der Waals surface area contributed by atoms with Crippen molar-refractivity contribution in [3.05, 3.63) is 34.9 Å². The smallest absolute Gasteiger partial charge is 0.253 e. The Kier molecular flexibility index (Phi) is 3.71. The summed E-state index contributed by atoms with van der Waals surface area (Å²) in [7, 11) is 4.16. The molecule has 0 unspecified atom stereocenters. The van der Waals surface area contributed by atoms with Crippen LogP contribution in [0.1, 0.15) is 27.9 Å². The van der Waals surface area contributed by atoms with E-state index < -0.39 is 0 Å². The Morgan fingerprint density at radius 1 is 1.28 bits per heavy atom. The molecule has 1 heterocycles. The lowest BCUT2D eigenvalue weighted by molar-refractivity contribution is 0.0783. The average molecular weight is 246 g/mol. The third kappa shape index (κ3) is 2.56. The van der Waals surface area contributed by atoms with Crippen molar-refractivity contribution in [3.8, 4) is 0 Å². The van der Waals surface area contributed by atoms with Crippen molar-refractivity contribution in [1.82, 2.24) is 9.80 Å². The minimum atomic E-state index is 0.169. The highest BCUT2D eigenvalue weighted by Gasteiger charge is 2.27. The minimum absolute atomic E-state index is 0.169. The van der Waals surface area contributed by atoms with Crippen LogP contribution in [0.15, 0.2) is 18.2 Å². The van der Waals surface area contributed by atoms with E-state index in [2.05, 4.69) is 32.8 Å². The number of hydrogen-bond donors (Lipinski definition) is 0. The van der Waals surface area contributed by atoms with Crippen LogP contribution in [0.3, 0.4) is 0 Å². The molecule has 1 aliphatic rings. The van der Waals surface area contributed by atoms with Gasteiger partial charge in [-0.1, -0.05) is 6.07 Å². The van der Waals surface area contributed by atoms with Crippen molar-refractivity contribution in [2.45, 2.75) is 26.3 Å². The summed E-state index contributed by atoms with van der Waals surface area (Å²) in [6.45, 7) is 5.84. The third-order valence-corrected chi connectivity index (χ3v) is 3.93. The van der Waals surface area contributed by atoms with Gasteiger partial charge in [-0.05, 0) is 57.6 Å². The predicted octanol–water partition coefficient (Wildman–Crippen LogP) is 2.08. The molecule has 3 nitrogen and oxygen atoms in total. The molecule has 1 amide bonds. The summed E-state index contributed by atoms with van der Waals surface area (Å²) in [5.74, 6) is 0.169. The first-order valence-electron chi connectivity index (χ1n) is 6.52. The molecular weight excluding hydrogens is 224 g/mol. The van der Waals surface area contributed by atoms with Crippen LogP contribution in [0.5, 0.6) is 0 Å². The topological polar surface area (TPSA) is 23.6 Å². The zero-order chi connectivity index (χ0) is 13.3. The van der Waals surface area contributed by atoms with E-state index in [9.17, 15) is 4.79 Å². The van der Waals surface area contributed by atoms with E-state index in [1.54, 1.807) is 0 Å². The summed E-state index contributed by atoms with van der Waals surface area (Å²) in [5, 5.41) is 0. The molecule has 1 atom stereocenters. The first-order chi connectivity index (χ1) is 8.49. The van der Waals surface area contributed by atoms with Crippen LogP contribution in [0.2, 0.25) is 0 Å². The average Bonchev–Trinajstić information content (AvgIpc) is 2.81. The first kappa shape index (κ1) is 13.1. The minimum Gasteiger partial charge on any atom is -0.337 e. The Hall–Kier alpha value is -1.35. The van der Waals surface area contributed by atoms with Crippen LogP contribution < -0.4 is 0 Å². The van der Waals surface area contributed by atoms with Gasteiger partial charge in [0.1, 0.15) is 0 Å². The Balaban J connectivity index is 2.10. The maximum atomic E-state index is 12.4. The zero-order valence-electron chi connectivity index (χ0n) is 11.7. The monoisotopic (exact) mass is 246 g/mol. The van der Waals surface area contributed by atoms with Crippen molar-refractivity contribution >= 4 is 5.91 Å². The largest absolute Gasteiger partial charge is 0.337 e. The van der Waals surface area contributed by atoms with Gasteiger partial charge in [0.25, 0.3) is 5.91 Å². The summed E-state index contributed by atoms with van der Waals surface area (Å²) in [6.07, 6.45) is 1.07. The summed E-state index contributed by atoms with van der Waals surface area (Å²) < 4.78 is 0. The molecule has 0 spiro atoms. The summed E-state index contributed by atoms with van der Waals surface area (Å²) in [4.78, 5) is 16.6. The number of amides is 1. The molecule has 0 aliphatic carbocycles. The second-order valence-electron chi connectivity index (χ2n) is 5.46. The summed E-state index contributed by atoms with van der Waals surface area (Å²) in [5.41, 5.74) is 3.24.